The lowest BCUT2D eigenvalue weighted by molar-refractivity contribution is -0.143. The van der Waals surface area contributed by atoms with Crippen LogP contribution in [0.5, 0.6) is 11.5 Å². The first kappa shape index (κ1) is 71.0. The van der Waals surface area contributed by atoms with E-state index in [-0.39, 0.29) is 43.3 Å². The van der Waals surface area contributed by atoms with Crippen LogP contribution >= 0.6 is 0 Å². The molecule has 0 radical (unpaired) electrons. The van der Waals surface area contributed by atoms with Crippen molar-refractivity contribution in [3.8, 4) is 11.5 Å². The van der Waals surface area contributed by atoms with Crippen LogP contribution in [-0.4, -0.2) is 24.5 Å². The first-order valence-corrected chi connectivity index (χ1v) is 29.9. The summed E-state index contributed by atoms with van der Waals surface area (Å²) in [5.41, 5.74) is 0.785. The normalized spacial score (nSPS) is 13.2. The molecule has 1 aromatic carbocycles. The molecule has 1 rings (SSSR count). The molecule has 0 amide bonds. The third kappa shape index (κ3) is 50.5. The van der Waals surface area contributed by atoms with Gasteiger partial charge in [-0.3, -0.25) is 14.4 Å². The molecule has 0 aromatic heterocycles. The van der Waals surface area contributed by atoms with Gasteiger partial charge in [-0.2, -0.15) is 0 Å². The average molecular weight is 1090 g/mol. The highest BCUT2D eigenvalue weighted by molar-refractivity contribution is 5.76. The van der Waals surface area contributed by atoms with Gasteiger partial charge in [0.05, 0.1) is 6.61 Å². The van der Waals surface area contributed by atoms with Gasteiger partial charge in [0.25, 0.3) is 0 Å². The Labute approximate surface area is 486 Å². The number of allylic oxidation sites excluding steroid dienone is 36. The smallest absolute Gasteiger partial charge is 0.311 e. The Kier molecular flexibility index (Phi) is 51.5. The number of rotatable bonds is 47. The minimum absolute atomic E-state index is 0.164. The minimum atomic E-state index is -0.433. The minimum Gasteiger partial charge on any atom is -0.465 e. The van der Waals surface area contributed by atoms with E-state index in [1.54, 1.807) is 18.2 Å². The zero-order chi connectivity index (χ0) is 57.5. The van der Waals surface area contributed by atoms with Crippen molar-refractivity contribution >= 4 is 17.9 Å². The molecule has 1 aromatic rings. The largest absolute Gasteiger partial charge is 0.465 e. The van der Waals surface area contributed by atoms with Gasteiger partial charge in [0.15, 0.2) is 11.5 Å². The van der Waals surface area contributed by atoms with Crippen molar-refractivity contribution in [3.63, 3.8) is 0 Å². The van der Waals surface area contributed by atoms with E-state index >= 15 is 0 Å². The molecule has 0 fully saturated rings. The van der Waals surface area contributed by atoms with E-state index in [1.807, 2.05) is 30.4 Å². The van der Waals surface area contributed by atoms with Gasteiger partial charge in [0.2, 0.25) is 0 Å². The zero-order valence-corrected chi connectivity index (χ0v) is 49.4. The molecule has 432 valence electrons. The van der Waals surface area contributed by atoms with Crippen LogP contribution in [0.3, 0.4) is 0 Å². The fourth-order valence-electron chi connectivity index (χ4n) is 7.10. The lowest BCUT2D eigenvalue weighted by Crippen LogP contribution is -2.12. The third-order valence-corrected chi connectivity index (χ3v) is 11.4. The van der Waals surface area contributed by atoms with Crippen molar-refractivity contribution in [2.24, 2.45) is 0 Å². The number of benzene rings is 1. The molecule has 0 aliphatic carbocycles. The second-order valence-electron chi connectivity index (χ2n) is 18.6. The Morgan fingerprint density at radius 2 is 0.537 bits per heavy atom. The molecule has 0 atom stereocenters. The molecular weight excluding hydrogens is 985 g/mol. The van der Waals surface area contributed by atoms with Gasteiger partial charge in [0, 0.05) is 25.7 Å². The van der Waals surface area contributed by atoms with Crippen molar-refractivity contribution in [1.29, 1.82) is 0 Å². The number of esters is 3. The maximum Gasteiger partial charge on any atom is 0.311 e. The molecule has 0 saturated carbocycles. The topological polar surface area (TPSA) is 78.9 Å². The summed E-state index contributed by atoms with van der Waals surface area (Å²) < 4.78 is 17.1. The van der Waals surface area contributed by atoms with Crippen molar-refractivity contribution in [2.45, 2.75) is 181 Å². The molecule has 0 spiro atoms. The van der Waals surface area contributed by atoms with Gasteiger partial charge < -0.3 is 14.2 Å². The number of hydrogen-bond donors (Lipinski definition) is 0. The Morgan fingerprint density at radius 1 is 0.300 bits per heavy atom. The van der Waals surface area contributed by atoms with Crippen molar-refractivity contribution in [1.82, 2.24) is 0 Å². The van der Waals surface area contributed by atoms with Gasteiger partial charge >= 0.3 is 17.9 Å². The van der Waals surface area contributed by atoms with Crippen molar-refractivity contribution in [3.05, 3.63) is 242 Å². The Hall–Kier alpha value is -7.05. The number of carbonyl (C=O) groups is 3. The van der Waals surface area contributed by atoms with Crippen molar-refractivity contribution < 1.29 is 28.6 Å². The van der Waals surface area contributed by atoms with E-state index in [4.69, 9.17) is 14.2 Å². The van der Waals surface area contributed by atoms with Crippen LogP contribution in [0.25, 0.3) is 0 Å². The first-order chi connectivity index (χ1) is 39.5. The highest BCUT2D eigenvalue weighted by Gasteiger charge is 2.15. The molecule has 6 nitrogen and oxygen atoms in total. The van der Waals surface area contributed by atoms with Crippen LogP contribution in [0.15, 0.2) is 237 Å². The Balaban J connectivity index is 2.62. The monoisotopic (exact) mass is 1080 g/mol. The lowest BCUT2D eigenvalue weighted by atomic mass is 10.1. The maximum absolute atomic E-state index is 13.1. The predicted octanol–water partition coefficient (Wildman–Crippen LogP) is 21.0. The summed E-state index contributed by atoms with van der Waals surface area (Å²) in [7, 11) is 0. The molecule has 0 unspecified atom stereocenters. The van der Waals surface area contributed by atoms with Crippen LogP contribution in [0.1, 0.15) is 180 Å². The van der Waals surface area contributed by atoms with Gasteiger partial charge in [-0.05, 0) is 153 Å². The average Bonchev–Trinajstić information content (AvgIpc) is 3.45. The number of carbonyl (C=O) groups excluding carboxylic acids is 3. The summed E-state index contributed by atoms with van der Waals surface area (Å²) in [6.07, 6.45) is 97.1. The fourth-order valence-corrected chi connectivity index (χ4v) is 7.10. The van der Waals surface area contributed by atoms with Crippen LogP contribution in [0.2, 0.25) is 0 Å². The Bertz CT molecular complexity index is 2300. The summed E-state index contributed by atoms with van der Waals surface area (Å²) in [5.74, 6) is -0.784. The second-order valence-corrected chi connectivity index (χ2v) is 18.6. The lowest BCUT2D eigenvalue weighted by Gasteiger charge is -2.12. The van der Waals surface area contributed by atoms with Crippen LogP contribution in [0, 0.1) is 0 Å². The van der Waals surface area contributed by atoms with Crippen LogP contribution < -0.4 is 9.47 Å². The van der Waals surface area contributed by atoms with Crippen LogP contribution in [0.4, 0.5) is 0 Å². The first-order valence-electron chi connectivity index (χ1n) is 29.9. The van der Waals surface area contributed by atoms with Gasteiger partial charge in [-0.25, -0.2) is 0 Å². The second kappa shape index (κ2) is 58.1. The SMILES string of the molecule is CC/C=C/C/C=C/C/C=C/C/C=C/C/C=C/C/C=C/CCC(=O)OCCc1ccc(OC(=O)CC/C=C/C/C=C/C/C=C/C/C=C/C/C=C/C/C=C/CC)c(OC(=O)CC/C=C/C/C=C/C/C=C/C/C=C/C/C=C/C/C=C/CC)c1. The molecule has 0 aliphatic rings. The highest BCUT2D eigenvalue weighted by Crippen LogP contribution is 2.30. The van der Waals surface area contributed by atoms with E-state index in [1.165, 1.54) is 0 Å². The number of hydrogen-bond acceptors (Lipinski definition) is 6. The van der Waals surface area contributed by atoms with Crippen molar-refractivity contribution in [2.75, 3.05) is 6.61 Å². The molecule has 0 saturated heterocycles. The third-order valence-electron chi connectivity index (χ3n) is 11.4. The summed E-state index contributed by atoms with van der Waals surface area (Å²) >= 11 is 0. The van der Waals surface area contributed by atoms with E-state index < -0.39 is 11.9 Å². The van der Waals surface area contributed by atoms with Gasteiger partial charge in [0.1, 0.15) is 0 Å². The molecule has 80 heavy (non-hydrogen) atoms. The molecule has 0 bridgehead atoms. The fraction of sp³-hybridized carbons (Fsp3) is 0.392. The van der Waals surface area contributed by atoms with E-state index in [0.29, 0.717) is 25.7 Å². The summed E-state index contributed by atoms with van der Waals surface area (Å²) in [4.78, 5) is 38.6. The summed E-state index contributed by atoms with van der Waals surface area (Å²) in [5, 5.41) is 0. The maximum atomic E-state index is 13.1. The summed E-state index contributed by atoms with van der Waals surface area (Å²) in [6.45, 7) is 6.61. The van der Waals surface area contributed by atoms with Gasteiger partial charge in [-0.1, -0.05) is 246 Å². The molecular formula is C74H100O6. The predicted molar refractivity (Wildman–Crippen MR) is 345 cm³/mol. The van der Waals surface area contributed by atoms with E-state index in [0.717, 1.165) is 121 Å². The molecule has 0 aliphatic heterocycles. The highest BCUT2D eigenvalue weighted by atomic mass is 16.6. The van der Waals surface area contributed by atoms with Gasteiger partial charge in [-0.15, -0.1) is 0 Å². The number of ether oxygens (including phenoxy) is 3. The van der Waals surface area contributed by atoms with E-state index in [9.17, 15) is 14.4 Å². The quantitative estimate of drug-likeness (QED) is 0.0368. The summed E-state index contributed by atoms with van der Waals surface area (Å²) in [6, 6.07) is 5.13. The van der Waals surface area contributed by atoms with Crippen LogP contribution in [-0.2, 0) is 25.5 Å². The molecule has 0 heterocycles. The standard InChI is InChI=1S/C74H100O6/c1-4-7-10-13-16-19-22-25-28-31-34-37-40-43-46-49-52-55-58-61-72(75)78-67-66-69-64-65-70(79-73(76)62-59-56-53-50-47-44-41-38-35-32-29-26-23-20-17-14-11-8-5-2)71(68-69)80-74(77)63-60-57-54-51-48-45-42-39-36-33-30-27-24-21-18-15-12-9-6-3/h7-12,16-21,25-30,34-39,43-48,52-57,64-65,68H,4-6,13-15,22-24,31-33,40-42,49-51,58-63,66-67H2,1-3H3/b10-7+,11-8+,12-9+,19-16+,20-17+,21-18+,28-25+,29-26+,30-27+,37-34+,38-35+,39-36+,46-43+,47-44+,48-45+,55-52+,56-53+,57-54+. The van der Waals surface area contributed by atoms with E-state index in [2.05, 4.69) is 209 Å². The molecule has 6 heteroatoms. The molecule has 0 N–H and O–H groups in total. The zero-order valence-electron chi connectivity index (χ0n) is 49.4. The Morgan fingerprint density at radius 3 is 0.812 bits per heavy atom.